The summed E-state index contributed by atoms with van der Waals surface area (Å²) in [5.41, 5.74) is 0. The van der Waals surface area contributed by atoms with E-state index in [9.17, 15) is 172 Å². The molecule has 0 aromatic rings. The molecular weight excluding hydrogens is 1860 g/mol. The molecule has 786 valence electrons. The molecule has 0 bridgehead atoms. The number of hydrogen-bond acceptors (Lipinski definition) is 55. The zero-order valence-corrected chi connectivity index (χ0v) is 73.4. The van der Waals surface area contributed by atoms with Gasteiger partial charge in [-0.2, -0.15) is 0 Å². The van der Waals surface area contributed by atoms with Gasteiger partial charge in [-0.05, 0) is 6.92 Å². The van der Waals surface area contributed by atoms with E-state index in [1.807, 2.05) is 0 Å². The zero-order chi connectivity index (χ0) is 100. The van der Waals surface area contributed by atoms with Gasteiger partial charge in [-0.3, -0.25) is 24.0 Å². The first-order chi connectivity index (χ1) is 64.3. The molecule has 11 aliphatic rings. The third-order valence-electron chi connectivity index (χ3n) is 24.9. The molecule has 34 N–H and O–H groups in total. The number of nitrogens with one attached hydrogen (secondary N) is 5. The maximum absolute atomic E-state index is 13.4. The van der Waals surface area contributed by atoms with Crippen LogP contribution in [0.4, 0.5) is 0 Å². The minimum atomic E-state index is -2.68. The lowest BCUT2D eigenvalue weighted by atomic mass is 9.93. The minimum Gasteiger partial charge on any atom is -0.394 e. The standard InChI is InChI=1S/C76H127N5O55/c1-17-38(94)50(106)55(111)71(119-17)117-16-32-62(46(102)33(66(115)120-32)77-18(2)89)130-69-36(80-21(5)92)48(104)61(29(13-88)126-69)133-74-58(114)63(134-76-65(53(109)42(98)26(10-85)124-76)136-68-34(78-19(3)90)45(101)39(95)23(7-82)121-68)44(100)31(128-74)15-118-75-64(135-70-37(81-22(6)93)49(105)60(28(12-87)127-70)132-73-57(113)52(108)41(97)25(9-84)123-73)54(110)43(99)30(129-75)14-116-67-35(79-20(4)91)47(103)59(27(11-86)125-67)131-72-56(112)51(107)40(96)24(8-83)122-72/h17,23-76,82-88,94-115H,7-16H2,1-6H3,(H,77,89)(H,78,90)(H,79,91)(H,80,92)(H,81,93)/t17-,23+,24+,25+,26+,27+,28+,29+,30+,31+,32+,33+,34+,35+,36+,37+,38+,39+,40-,41-,42+,43+,44+,45+,46+,47+,48+,49+,50+,51-,52-,53-,54-,55-,56+,57+,58-,59+,60+,61+,62+,63-,64-,65-,66+,67+,68-,69-,70-,71+,72-,73-,74-,75-,76+/m0/s1. The van der Waals surface area contributed by atoms with Crippen molar-refractivity contribution in [2.75, 3.05) is 66.1 Å². The largest absolute Gasteiger partial charge is 0.394 e. The molecule has 60 nitrogen and oxygen atoms in total. The van der Waals surface area contributed by atoms with Crippen LogP contribution in [-0.2, 0) is 123 Å². The van der Waals surface area contributed by atoms with E-state index in [1.54, 1.807) is 0 Å². The predicted molar refractivity (Wildman–Crippen MR) is 419 cm³/mol. The highest BCUT2D eigenvalue weighted by Crippen LogP contribution is 2.41. The van der Waals surface area contributed by atoms with Crippen LogP contribution in [0.25, 0.3) is 0 Å². The first-order valence-electron chi connectivity index (χ1n) is 43.5. The summed E-state index contributed by atoms with van der Waals surface area (Å²) in [6.45, 7) is -5.32. The number of carbonyl (C=O) groups is 5. The molecule has 11 heterocycles. The summed E-state index contributed by atoms with van der Waals surface area (Å²) in [6.07, 6.45) is -106. The Morgan fingerprint density at radius 2 is 0.463 bits per heavy atom. The average Bonchev–Trinajstić information content (AvgIpc) is 0.765. The zero-order valence-electron chi connectivity index (χ0n) is 73.4. The summed E-state index contributed by atoms with van der Waals surface area (Å²) >= 11 is 0. The van der Waals surface area contributed by atoms with E-state index in [4.69, 9.17) is 99.5 Å². The van der Waals surface area contributed by atoms with E-state index in [1.165, 1.54) is 6.92 Å². The predicted octanol–water partition coefficient (Wildman–Crippen LogP) is -23.2. The average molecular weight is 1990 g/mol. The fraction of sp³-hybridized carbons (Fsp3) is 0.934. The fourth-order valence-corrected chi connectivity index (χ4v) is 17.6. The van der Waals surface area contributed by atoms with Crippen molar-refractivity contribution in [1.29, 1.82) is 0 Å². The van der Waals surface area contributed by atoms with Crippen LogP contribution in [0.15, 0.2) is 0 Å². The molecule has 0 aromatic carbocycles. The van der Waals surface area contributed by atoms with Gasteiger partial charge >= 0.3 is 0 Å². The molecule has 11 rings (SSSR count). The Morgan fingerprint density at radius 3 is 0.890 bits per heavy atom. The molecule has 55 atom stereocenters. The van der Waals surface area contributed by atoms with Crippen LogP contribution in [-0.4, -0.2) is 581 Å². The monoisotopic (exact) mass is 1990 g/mol. The molecule has 136 heavy (non-hydrogen) atoms. The number of ether oxygens (including phenoxy) is 21. The van der Waals surface area contributed by atoms with Gasteiger partial charge < -0.3 is 274 Å². The molecule has 5 amide bonds. The lowest BCUT2D eigenvalue weighted by Gasteiger charge is -2.51. The lowest BCUT2D eigenvalue weighted by Crippen LogP contribution is -2.71. The van der Waals surface area contributed by atoms with Crippen molar-refractivity contribution in [3.8, 4) is 0 Å². The van der Waals surface area contributed by atoms with E-state index < -0.39 is 433 Å². The van der Waals surface area contributed by atoms with Crippen LogP contribution in [0.2, 0.25) is 0 Å². The molecule has 0 aliphatic carbocycles. The van der Waals surface area contributed by atoms with Crippen LogP contribution in [0.1, 0.15) is 41.5 Å². The number of rotatable bonds is 35. The van der Waals surface area contributed by atoms with Gasteiger partial charge in [-0.25, -0.2) is 0 Å². The Balaban J connectivity index is 0.959. The molecule has 11 saturated heterocycles. The Kier molecular flexibility index (Phi) is 40.1. The molecule has 0 aromatic heterocycles. The molecule has 11 fully saturated rings. The van der Waals surface area contributed by atoms with Crippen molar-refractivity contribution in [3.63, 3.8) is 0 Å². The summed E-state index contributed by atoms with van der Waals surface area (Å²) in [5.74, 6) is -4.76. The number of carbonyl (C=O) groups excluding carboxylic acids is 5. The van der Waals surface area contributed by atoms with Crippen molar-refractivity contribution in [2.45, 2.75) is 379 Å². The van der Waals surface area contributed by atoms with Crippen LogP contribution >= 0.6 is 0 Å². The summed E-state index contributed by atoms with van der Waals surface area (Å²) in [7, 11) is 0. The Hall–Kier alpha value is -4.65. The van der Waals surface area contributed by atoms with E-state index in [-0.39, 0.29) is 0 Å². The second-order valence-electron chi connectivity index (χ2n) is 34.6. The summed E-state index contributed by atoms with van der Waals surface area (Å²) < 4.78 is 126. The first kappa shape index (κ1) is 112. The number of hydrogen-bond donors (Lipinski definition) is 34. The smallest absolute Gasteiger partial charge is 0.217 e. The van der Waals surface area contributed by atoms with Crippen LogP contribution in [0.5, 0.6) is 0 Å². The first-order valence-corrected chi connectivity index (χ1v) is 43.5. The van der Waals surface area contributed by atoms with Crippen molar-refractivity contribution in [3.05, 3.63) is 0 Å². The molecule has 0 spiro atoms. The van der Waals surface area contributed by atoms with E-state index >= 15 is 0 Å². The summed E-state index contributed by atoms with van der Waals surface area (Å²) in [6, 6.07) is -9.64. The Morgan fingerprint density at radius 1 is 0.206 bits per heavy atom. The van der Waals surface area contributed by atoms with Gasteiger partial charge in [0.15, 0.2) is 69.2 Å². The van der Waals surface area contributed by atoms with Crippen molar-refractivity contribution < 1.29 is 272 Å². The molecule has 11 aliphatic heterocycles. The van der Waals surface area contributed by atoms with E-state index in [0.717, 1.165) is 34.6 Å². The second kappa shape index (κ2) is 48.8. The molecular formula is C76H127N5O55. The molecule has 0 radical (unpaired) electrons. The van der Waals surface area contributed by atoms with Gasteiger partial charge in [0.25, 0.3) is 0 Å². The summed E-state index contributed by atoms with van der Waals surface area (Å²) in [4.78, 5) is 64.8. The highest BCUT2D eigenvalue weighted by atomic mass is 16.8. The van der Waals surface area contributed by atoms with Crippen LogP contribution < -0.4 is 26.6 Å². The van der Waals surface area contributed by atoms with E-state index in [0.29, 0.717) is 0 Å². The SMILES string of the molecule is CC(=O)N[C@@H]1[C@@H](O)[C@H](O[C@@H]2O[C@H](CO)[C@@H](O[C@@H]3O[C@H](CO[C@H]4O[C@H](CO[C@@H]5O[C@H](CO)[C@@H](O[C@@H]6O[C@H](CO)[C@H](O)[C@H](O)[C@H]6O)[C@H](O)[C@H]5NC(C)=O)[C@@H](O)[C@H](O)[C@@H]4O[C@@H]4O[C@H](CO)[C@@H](O[C@@H]5O[C@H](CO)[C@H](O)[C@H](O)[C@H]5O)[C@H](O)[C@H]4NC(C)=O)[C@@H](O)[C@H](O[C@H]4O[C@H](CO)[C@@H](O)[C@H](O)[C@@H]4O[C@@H]4O[C@H](CO)[C@@H](O)[C@H](O)[C@H]4NC(C)=O)[C@@H]3O)[C@H](O)[C@H]2NC(C)=O)[C@@H](CO[C@@H]2O[C@@H](C)[C@@H](O)[C@@H](O)[C@@H]2O)O[C@H]1O. The Labute approximate surface area is 770 Å². The number of aliphatic hydroxyl groups is 29. The minimum absolute atomic E-state index is 0.866. The third-order valence-corrected chi connectivity index (χ3v) is 24.9. The number of aliphatic hydroxyl groups excluding tert-OH is 29. The van der Waals surface area contributed by atoms with Crippen molar-refractivity contribution in [1.82, 2.24) is 26.6 Å². The molecule has 0 saturated carbocycles. The van der Waals surface area contributed by atoms with Crippen molar-refractivity contribution >= 4 is 29.5 Å². The third kappa shape index (κ3) is 24.9. The van der Waals surface area contributed by atoms with Gasteiger partial charge in [0.05, 0.1) is 72.2 Å². The van der Waals surface area contributed by atoms with Gasteiger partial charge in [-0.1, -0.05) is 0 Å². The Bertz CT molecular complexity index is 3760. The van der Waals surface area contributed by atoms with Crippen LogP contribution in [0.3, 0.4) is 0 Å². The number of amides is 5. The van der Waals surface area contributed by atoms with Gasteiger partial charge in [0, 0.05) is 34.6 Å². The topological polar surface area (TPSA) is 926 Å². The molecule has 0 unspecified atom stereocenters. The van der Waals surface area contributed by atoms with Gasteiger partial charge in [0.1, 0.15) is 262 Å². The van der Waals surface area contributed by atoms with E-state index in [2.05, 4.69) is 26.6 Å². The van der Waals surface area contributed by atoms with Crippen molar-refractivity contribution in [2.24, 2.45) is 0 Å². The molecule has 60 heteroatoms. The lowest BCUT2D eigenvalue weighted by molar-refractivity contribution is -0.397. The highest BCUT2D eigenvalue weighted by molar-refractivity contribution is 5.75. The second-order valence-corrected chi connectivity index (χ2v) is 34.6. The van der Waals surface area contributed by atoms with Gasteiger partial charge in [-0.15, -0.1) is 0 Å². The normalized spacial score (nSPS) is 49.2. The van der Waals surface area contributed by atoms with Gasteiger partial charge in [0.2, 0.25) is 29.5 Å². The van der Waals surface area contributed by atoms with Crippen LogP contribution in [0, 0.1) is 0 Å². The maximum atomic E-state index is 13.4. The maximum Gasteiger partial charge on any atom is 0.217 e. The fourth-order valence-electron chi connectivity index (χ4n) is 17.6. The highest BCUT2D eigenvalue weighted by Gasteiger charge is 2.62. The summed E-state index contributed by atoms with van der Waals surface area (Å²) in [5, 5.41) is 338. The quantitative estimate of drug-likeness (QED) is 0.0280.